The lowest BCUT2D eigenvalue weighted by Crippen LogP contribution is -2.32. The number of hydrogen-bond acceptors (Lipinski definition) is 3. The van der Waals surface area contributed by atoms with Gasteiger partial charge in [0.15, 0.2) is 0 Å². The molecule has 0 aliphatic heterocycles. The van der Waals surface area contributed by atoms with E-state index >= 15 is 0 Å². The van der Waals surface area contributed by atoms with Crippen LogP contribution >= 0.6 is 0 Å². The molecule has 0 radical (unpaired) electrons. The van der Waals surface area contributed by atoms with E-state index in [2.05, 4.69) is 5.32 Å². The van der Waals surface area contributed by atoms with E-state index in [4.69, 9.17) is 0 Å². The van der Waals surface area contributed by atoms with Gasteiger partial charge in [0.2, 0.25) is 0 Å². The number of nitrogens with one attached hydrogen (secondary N) is 1. The molecule has 0 aliphatic carbocycles. The Balaban J connectivity index is 2.37. The van der Waals surface area contributed by atoms with Crippen molar-refractivity contribution in [3.05, 3.63) is 35.6 Å². The maximum atomic E-state index is 12.9. The van der Waals surface area contributed by atoms with Gasteiger partial charge in [0, 0.05) is 18.8 Å². The van der Waals surface area contributed by atoms with Gasteiger partial charge in [0.1, 0.15) is 15.7 Å². The number of halogens is 1. The van der Waals surface area contributed by atoms with E-state index in [1.54, 1.807) is 6.07 Å². The Kier molecular flexibility index (Phi) is 5.08. The minimum absolute atomic E-state index is 0.124. The van der Waals surface area contributed by atoms with E-state index in [1.807, 2.05) is 13.0 Å². The summed E-state index contributed by atoms with van der Waals surface area (Å²) < 4.78 is 34.8. The van der Waals surface area contributed by atoms with E-state index in [0.29, 0.717) is 13.0 Å². The lowest BCUT2D eigenvalue weighted by atomic mass is 10.1. The molecule has 0 amide bonds. The van der Waals surface area contributed by atoms with Crippen LogP contribution in [0, 0.1) is 5.82 Å². The third kappa shape index (κ3) is 6.38. The average Bonchev–Trinajstić information content (AvgIpc) is 2.15. The molecule has 0 heterocycles. The second kappa shape index (κ2) is 6.12. The van der Waals surface area contributed by atoms with Crippen molar-refractivity contribution < 1.29 is 12.8 Å². The Bertz CT molecular complexity index is 459. The summed E-state index contributed by atoms with van der Waals surface area (Å²) in [6.07, 6.45) is 1.90. The third-order valence-electron chi connectivity index (χ3n) is 2.40. The van der Waals surface area contributed by atoms with Crippen LogP contribution in [0.3, 0.4) is 0 Å². The quantitative estimate of drug-likeness (QED) is 0.840. The summed E-state index contributed by atoms with van der Waals surface area (Å²) in [6.45, 7) is 2.38. The first kappa shape index (κ1) is 14.1. The fourth-order valence-corrected chi connectivity index (χ4v) is 2.07. The summed E-state index contributed by atoms with van der Waals surface area (Å²) in [7, 11) is -2.92. The predicted octanol–water partition coefficient (Wildman–Crippen LogP) is 1.39. The number of benzene rings is 1. The van der Waals surface area contributed by atoms with E-state index in [1.165, 1.54) is 18.4 Å². The second-order valence-corrected chi connectivity index (χ2v) is 6.58. The van der Waals surface area contributed by atoms with Crippen molar-refractivity contribution in [2.45, 2.75) is 19.4 Å². The maximum Gasteiger partial charge on any atom is 0.148 e. The third-order valence-corrected chi connectivity index (χ3v) is 3.34. The smallest absolute Gasteiger partial charge is 0.148 e. The van der Waals surface area contributed by atoms with Crippen molar-refractivity contribution >= 4 is 9.84 Å². The molecule has 0 saturated heterocycles. The molecule has 3 nitrogen and oxygen atoms in total. The normalized spacial score (nSPS) is 13.6. The molecule has 1 atom stereocenters. The molecule has 1 N–H and O–H groups in total. The zero-order valence-electron chi connectivity index (χ0n) is 10.1. The fraction of sp³-hybridized carbons (Fsp3) is 0.500. The van der Waals surface area contributed by atoms with Crippen LogP contribution in [-0.2, 0) is 16.3 Å². The largest absolute Gasteiger partial charge is 0.313 e. The van der Waals surface area contributed by atoms with Gasteiger partial charge < -0.3 is 5.32 Å². The average molecular weight is 259 g/mol. The Morgan fingerprint density at radius 3 is 2.71 bits per heavy atom. The van der Waals surface area contributed by atoms with Crippen LogP contribution in [0.2, 0.25) is 0 Å². The van der Waals surface area contributed by atoms with Gasteiger partial charge in [-0.25, -0.2) is 12.8 Å². The maximum absolute atomic E-state index is 12.9. The fourth-order valence-electron chi connectivity index (χ4n) is 1.58. The predicted molar refractivity (Wildman–Crippen MR) is 67.3 cm³/mol. The van der Waals surface area contributed by atoms with Gasteiger partial charge in [-0.3, -0.25) is 0 Å². The monoisotopic (exact) mass is 259 g/mol. The molecule has 17 heavy (non-hydrogen) atoms. The van der Waals surface area contributed by atoms with E-state index in [0.717, 1.165) is 5.56 Å². The molecule has 0 saturated carbocycles. The van der Waals surface area contributed by atoms with Crippen LogP contribution in [-0.4, -0.2) is 33.0 Å². The minimum Gasteiger partial charge on any atom is -0.313 e. The molecule has 96 valence electrons. The van der Waals surface area contributed by atoms with E-state index in [9.17, 15) is 12.8 Å². The molecule has 1 aromatic rings. The van der Waals surface area contributed by atoms with Gasteiger partial charge in [-0.05, 0) is 31.0 Å². The van der Waals surface area contributed by atoms with Crippen molar-refractivity contribution in [3.63, 3.8) is 0 Å². The highest BCUT2D eigenvalue weighted by molar-refractivity contribution is 7.90. The zero-order chi connectivity index (χ0) is 12.9. The first-order chi connectivity index (χ1) is 7.87. The minimum atomic E-state index is -2.92. The van der Waals surface area contributed by atoms with Crippen LogP contribution in [0.25, 0.3) is 0 Å². The number of hydrogen-bond donors (Lipinski definition) is 1. The van der Waals surface area contributed by atoms with E-state index < -0.39 is 9.84 Å². The highest BCUT2D eigenvalue weighted by Crippen LogP contribution is 2.06. The van der Waals surface area contributed by atoms with Gasteiger partial charge in [-0.15, -0.1) is 0 Å². The van der Waals surface area contributed by atoms with Crippen LogP contribution in [0.4, 0.5) is 4.39 Å². The number of rotatable bonds is 6. The molecular formula is C12H18FNO2S. The van der Waals surface area contributed by atoms with Crippen molar-refractivity contribution in [2.24, 2.45) is 0 Å². The lowest BCUT2D eigenvalue weighted by Gasteiger charge is -2.13. The van der Waals surface area contributed by atoms with Gasteiger partial charge in [0.05, 0.1) is 5.75 Å². The van der Waals surface area contributed by atoms with E-state index in [-0.39, 0.29) is 17.6 Å². The molecule has 1 rings (SSSR count). The standard InChI is InChI=1S/C12H18FNO2S/c1-10(14-6-7-17(2,15)16)8-11-4-3-5-12(13)9-11/h3-5,9-10,14H,6-8H2,1-2H3. The Labute approximate surface area is 102 Å². The van der Waals surface area contributed by atoms with Crippen LogP contribution in [0.5, 0.6) is 0 Å². The van der Waals surface area contributed by atoms with Gasteiger partial charge >= 0.3 is 0 Å². The van der Waals surface area contributed by atoms with Crippen LogP contribution in [0.1, 0.15) is 12.5 Å². The summed E-state index contributed by atoms with van der Waals surface area (Å²) in [5, 5.41) is 3.11. The first-order valence-electron chi connectivity index (χ1n) is 5.52. The zero-order valence-corrected chi connectivity index (χ0v) is 10.9. The molecule has 0 bridgehead atoms. The first-order valence-corrected chi connectivity index (χ1v) is 7.58. The Morgan fingerprint density at radius 2 is 2.12 bits per heavy atom. The Hall–Kier alpha value is -0.940. The van der Waals surface area contributed by atoms with Crippen molar-refractivity contribution in [2.75, 3.05) is 18.6 Å². The lowest BCUT2D eigenvalue weighted by molar-refractivity contribution is 0.553. The molecule has 0 fully saturated rings. The van der Waals surface area contributed by atoms with Crippen molar-refractivity contribution in [3.8, 4) is 0 Å². The van der Waals surface area contributed by atoms with Gasteiger partial charge in [-0.2, -0.15) is 0 Å². The molecule has 5 heteroatoms. The topological polar surface area (TPSA) is 46.2 Å². The van der Waals surface area contributed by atoms with Crippen molar-refractivity contribution in [1.29, 1.82) is 0 Å². The van der Waals surface area contributed by atoms with Crippen molar-refractivity contribution in [1.82, 2.24) is 5.32 Å². The molecule has 0 aromatic heterocycles. The molecule has 1 unspecified atom stereocenters. The molecule has 0 spiro atoms. The number of sulfone groups is 1. The Morgan fingerprint density at radius 1 is 1.41 bits per heavy atom. The van der Waals surface area contributed by atoms with Gasteiger partial charge in [0.25, 0.3) is 0 Å². The summed E-state index contributed by atoms with van der Waals surface area (Å²) in [5.41, 5.74) is 0.907. The summed E-state index contributed by atoms with van der Waals surface area (Å²) in [4.78, 5) is 0. The van der Waals surface area contributed by atoms with Crippen LogP contribution < -0.4 is 5.32 Å². The second-order valence-electron chi connectivity index (χ2n) is 4.32. The summed E-state index contributed by atoms with van der Waals surface area (Å²) >= 11 is 0. The molecular weight excluding hydrogens is 241 g/mol. The van der Waals surface area contributed by atoms with Crippen LogP contribution in [0.15, 0.2) is 24.3 Å². The van der Waals surface area contributed by atoms with Gasteiger partial charge in [-0.1, -0.05) is 12.1 Å². The molecule has 0 aliphatic rings. The SMILES string of the molecule is CC(Cc1cccc(F)c1)NCCS(C)(=O)=O. The summed E-state index contributed by atoms with van der Waals surface area (Å²) in [6, 6.07) is 6.56. The highest BCUT2D eigenvalue weighted by atomic mass is 32.2. The molecule has 1 aromatic carbocycles. The highest BCUT2D eigenvalue weighted by Gasteiger charge is 2.06. The summed E-state index contributed by atoms with van der Waals surface area (Å²) in [5.74, 6) is -0.119.